The molecular weight excluding hydrogens is 166 g/mol. The summed E-state index contributed by atoms with van der Waals surface area (Å²) < 4.78 is 0. The van der Waals surface area contributed by atoms with E-state index in [1.54, 1.807) is 19.9 Å². The Bertz CT molecular complexity index is 241. The second-order valence-corrected chi connectivity index (χ2v) is 3.07. The van der Waals surface area contributed by atoms with E-state index in [0.29, 0.717) is 12.0 Å². The van der Waals surface area contributed by atoms with E-state index in [2.05, 4.69) is 18.5 Å². The topological polar surface area (TPSA) is 46.2 Å². The molecular formula is C10H15NO2. The zero-order valence-corrected chi connectivity index (χ0v) is 8.09. The van der Waals surface area contributed by atoms with E-state index in [0.717, 1.165) is 0 Å². The van der Waals surface area contributed by atoms with Gasteiger partial charge in [0.25, 0.3) is 5.91 Å². The van der Waals surface area contributed by atoms with Crippen molar-refractivity contribution >= 4 is 11.8 Å². The van der Waals surface area contributed by atoms with E-state index in [-0.39, 0.29) is 11.8 Å². The highest BCUT2D eigenvalue weighted by atomic mass is 16.2. The smallest absolute Gasteiger partial charge is 0.253 e. The molecule has 0 radical (unpaired) electrons. The van der Waals surface area contributed by atoms with Crippen molar-refractivity contribution in [3.63, 3.8) is 0 Å². The summed E-state index contributed by atoms with van der Waals surface area (Å²) in [7, 11) is 0. The third kappa shape index (κ3) is 4.25. The highest BCUT2D eigenvalue weighted by molar-refractivity contribution is 6.04. The molecule has 72 valence electrons. The highest BCUT2D eigenvalue weighted by Gasteiger charge is 2.12. The van der Waals surface area contributed by atoms with Crippen LogP contribution in [0.15, 0.2) is 24.8 Å². The van der Waals surface area contributed by atoms with E-state index >= 15 is 0 Å². The lowest BCUT2D eigenvalue weighted by molar-refractivity contribution is -0.130. The number of carbonyl (C=O) groups excluding carboxylic acids is 2. The molecule has 3 nitrogen and oxygen atoms in total. The lowest BCUT2D eigenvalue weighted by Crippen LogP contribution is -2.34. The Morgan fingerprint density at radius 3 is 2.38 bits per heavy atom. The van der Waals surface area contributed by atoms with Crippen molar-refractivity contribution < 1.29 is 9.59 Å². The van der Waals surface area contributed by atoms with Gasteiger partial charge in [0.05, 0.1) is 0 Å². The minimum atomic E-state index is -0.418. The van der Waals surface area contributed by atoms with Gasteiger partial charge in [-0.25, -0.2) is 0 Å². The molecule has 2 amide bonds. The second-order valence-electron chi connectivity index (χ2n) is 3.07. The van der Waals surface area contributed by atoms with Gasteiger partial charge in [-0.1, -0.05) is 26.5 Å². The fourth-order valence-electron chi connectivity index (χ4n) is 0.612. The molecule has 0 unspecified atom stereocenters. The maximum atomic E-state index is 11.2. The zero-order chi connectivity index (χ0) is 10.4. The Morgan fingerprint density at radius 2 is 2.00 bits per heavy atom. The molecule has 0 saturated heterocycles. The van der Waals surface area contributed by atoms with Gasteiger partial charge in [-0.2, -0.15) is 0 Å². The monoisotopic (exact) mass is 181 g/mol. The maximum Gasteiger partial charge on any atom is 0.253 e. The Kier molecular flexibility index (Phi) is 4.74. The van der Waals surface area contributed by atoms with Crippen LogP contribution in [0.5, 0.6) is 0 Å². The molecule has 0 aromatic rings. The number of imide groups is 1. The Labute approximate surface area is 78.5 Å². The van der Waals surface area contributed by atoms with Crippen LogP contribution in [0.4, 0.5) is 0 Å². The minimum Gasteiger partial charge on any atom is -0.292 e. The van der Waals surface area contributed by atoms with Crippen LogP contribution in [0.3, 0.4) is 0 Å². The molecule has 0 fully saturated rings. The van der Waals surface area contributed by atoms with Crippen LogP contribution in [0, 0.1) is 5.92 Å². The molecule has 0 rings (SSSR count). The summed E-state index contributed by atoms with van der Waals surface area (Å²) >= 11 is 0. The van der Waals surface area contributed by atoms with E-state index < -0.39 is 5.91 Å². The zero-order valence-electron chi connectivity index (χ0n) is 8.09. The fraction of sp³-hybridized carbons (Fsp3) is 0.400. The molecule has 0 atom stereocenters. The molecule has 1 N–H and O–H groups in total. The molecule has 0 aromatic heterocycles. The molecule has 3 heteroatoms. The van der Waals surface area contributed by atoms with Gasteiger partial charge >= 0.3 is 0 Å². The van der Waals surface area contributed by atoms with Crippen LogP contribution in [0.2, 0.25) is 0 Å². The molecule has 0 aliphatic rings. The number of hydrogen-bond donors (Lipinski definition) is 1. The number of carbonyl (C=O) groups is 2. The Morgan fingerprint density at radius 1 is 1.46 bits per heavy atom. The first-order chi connectivity index (χ1) is 5.99. The standard InChI is InChI=1S/C10H15NO2/c1-5-6-8(4)10(13)11-9(12)7(2)3/h5,7H,1,4,6H2,2-3H3,(H,11,12,13). The average molecular weight is 181 g/mol. The molecule has 0 aliphatic heterocycles. The van der Waals surface area contributed by atoms with Gasteiger partial charge in [0.1, 0.15) is 0 Å². The summed E-state index contributed by atoms with van der Waals surface area (Å²) in [5.41, 5.74) is 0.351. The number of hydrogen-bond acceptors (Lipinski definition) is 2. The largest absolute Gasteiger partial charge is 0.292 e. The first-order valence-corrected chi connectivity index (χ1v) is 4.13. The van der Waals surface area contributed by atoms with E-state index in [1.165, 1.54) is 0 Å². The Balaban J connectivity index is 4.08. The SMILES string of the molecule is C=CCC(=C)C(=O)NC(=O)C(C)C. The Hall–Kier alpha value is -1.38. The molecule has 0 spiro atoms. The third-order valence-electron chi connectivity index (χ3n) is 1.47. The predicted molar refractivity (Wildman–Crippen MR) is 51.9 cm³/mol. The summed E-state index contributed by atoms with van der Waals surface area (Å²) in [6.45, 7) is 10.4. The molecule has 0 saturated carbocycles. The third-order valence-corrected chi connectivity index (χ3v) is 1.47. The maximum absolute atomic E-state index is 11.2. The van der Waals surface area contributed by atoms with Gasteiger partial charge in [0, 0.05) is 11.5 Å². The predicted octanol–water partition coefficient (Wildman–Crippen LogP) is 1.42. The van der Waals surface area contributed by atoms with Gasteiger partial charge in [0.2, 0.25) is 5.91 Å². The van der Waals surface area contributed by atoms with E-state index in [1.807, 2.05) is 0 Å². The fourth-order valence-corrected chi connectivity index (χ4v) is 0.612. The number of rotatable bonds is 4. The van der Waals surface area contributed by atoms with E-state index in [9.17, 15) is 9.59 Å². The molecule has 13 heavy (non-hydrogen) atoms. The second kappa shape index (κ2) is 5.30. The minimum absolute atomic E-state index is 0.194. The first-order valence-electron chi connectivity index (χ1n) is 4.13. The lowest BCUT2D eigenvalue weighted by atomic mass is 10.1. The molecule has 0 bridgehead atoms. The van der Waals surface area contributed by atoms with Crippen molar-refractivity contribution in [2.24, 2.45) is 5.92 Å². The van der Waals surface area contributed by atoms with Crippen molar-refractivity contribution in [2.75, 3.05) is 0 Å². The van der Waals surface area contributed by atoms with E-state index in [4.69, 9.17) is 0 Å². The van der Waals surface area contributed by atoms with Crippen LogP contribution in [0.25, 0.3) is 0 Å². The van der Waals surface area contributed by atoms with Gasteiger partial charge in [-0.05, 0) is 6.42 Å². The van der Waals surface area contributed by atoms with Gasteiger partial charge < -0.3 is 0 Å². The molecule has 0 heterocycles. The molecule has 0 aliphatic carbocycles. The first kappa shape index (κ1) is 11.6. The van der Waals surface area contributed by atoms with Gasteiger partial charge in [0.15, 0.2) is 0 Å². The molecule has 0 aromatic carbocycles. The van der Waals surface area contributed by atoms with Gasteiger partial charge in [-0.3, -0.25) is 14.9 Å². The van der Waals surface area contributed by atoms with Crippen LogP contribution in [-0.2, 0) is 9.59 Å². The lowest BCUT2D eigenvalue weighted by Gasteiger charge is -2.06. The van der Waals surface area contributed by atoms with Crippen LogP contribution in [-0.4, -0.2) is 11.8 Å². The normalized spacial score (nSPS) is 9.46. The summed E-state index contributed by atoms with van der Waals surface area (Å²) in [6.07, 6.45) is 1.97. The van der Waals surface area contributed by atoms with Crippen LogP contribution >= 0.6 is 0 Å². The quantitative estimate of drug-likeness (QED) is 0.526. The average Bonchev–Trinajstić information content (AvgIpc) is 2.04. The van der Waals surface area contributed by atoms with Crippen LogP contribution < -0.4 is 5.32 Å². The van der Waals surface area contributed by atoms with Crippen molar-refractivity contribution in [1.29, 1.82) is 0 Å². The number of nitrogens with one attached hydrogen (secondary N) is 1. The summed E-state index contributed by atoms with van der Waals surface area (Å²) in [5, 5.41) is 2.24. The number of allylic oxidation sites excluding steroid dienone is 1. The van der Waals surface area contributed by atoms with Crippen LogP contribution in [0.1, 0.15) is 20.3 Å². The van der Waals surface area contributed by atoms with Crippen molar-refractivity contribution in [3.05, 3.63) is 24.8 Å². The number of amides is 2. The van der Waals surface area contributed by atoms with Gasteiger partial charge in [-0.15, -0.1) is 6.58 Å². The summed E-state index contributed by atoms with van der Waals surface area (Å²) in [6, 6.07) is 0. The summed E-state index contributed by atoms with van der Waals surface area (Å²) in [5.74, 6) is -0.894. The summed E-state index contributed by atoms with van der Waals surface area (Å²) in [4.78, 5) is 22.2. The van der Waals surface area contributed by atoms with Crippen molar-refractivity contribution in [1.82, 2.24) is 5.32 Å². The van der Waals surface area contributed by atoms with Crippen molar-refractivity contribution in [3.8, 4) is 0 Å². The highest BCUT2D eigenvalue weighted by Crippen LogP contribution is 1.99. The van der Waals surface area contributed by atoms with Crippen molar-refractivity contribution in [2.45, 2.75) is 20.3 Å².